The molecule has 102 valence electrons. The van der Waals surface area contributed by atoms with E-state index in [1.165, 1.54) is 12.1 Å². The van der Waals surface area contributed by atoms with Crippen LogP contribution in [0, 0.1) is 0 Å². The Morgan fingerprint density at radius 1 is 1.26 bits per heavy atom. The lowest BCUT2D eigenvalue weighted by Gasteiger charge is -2.11. The summed E-state index contributed by atoms with van der Waals surface area (Å²) in [6.07, 6.45) is -0.401. The quantitative estimate of drug-likeness (QED) is 0.584. The third-order valence-corrected chi connectivity index (χ3v) is 2.34. The second-order valence-corrected chi connectivity index (χ2v) is 3.78. The highest BCUT2D eigenvalue weighted by atomic mass is 16.6. The Hall–Kier alpha value is -2.21. The molecule has 6 nitrogen and oxygen atoms in total. The Bertz CT molecular complexity index is 457. The topological polar surface area (TPSA) is 92.7 Å². The van der Waals surface area contributed by atoms with Gasteiger partial charge in [-0.25, -0.2) is 4.79 Å². The van der Waals surface area contributed by atoms with E-state index in [1.807, 2.05) is 0 Å². The van der Waals surface area contributed by atoms with Gasteiger partial charge in [-0.2, -0.15) is 0 Å². The predicted molar refractivity (Wildman–Crippen MR) is 66.6 cm³/mol. The van der Waals surface area contributed by atoms with E-state index in [-0.39, 0.29) is 5.56 Å². The molecule has 0 aliphatic rings. The molecule has 0 amide bonds. The average molecular weight is 265 g/mol. The number of rotatable bonds is 6. The van der Waals surface area contributed by atoms with Gasteiger partial charge in [-0.1, -0.05) is 25.1 Å². The number of aliphatic carboxylic acids is 1. The molecule has 0 heterocycles. The number of likely N-dealkylation sites (N-methyl/N-ethyl adjacent to an activating group) is 1. The van der Waals surface area contributed by atoms with Crippen LogP contribution in [-0.4, -0.2) is 35.6 Å². The molecule has 0 aliphatic carbocycles. The van der Waals surface area contributed by atoms with Crippen molar-refractivity contribution < 1.29 is 24.2 Å². The Kier molecular flexibility index (Phi) is 5.69. The van der Waals surface area contributed by atoms with E-state index in [2.05, 4.69) is 10.1 Å². The summed E-state index contributed by atoms with van der Waals surface area (Å²) in [7, 11) is 0. The molecule has 1 rings (SSSR count). The summed E-state index contributed by atoms with van der Waals surface area (Å²) in [6.45, 7) is 2.12. The van der Waals surface area contributed by atoms with E-state index < -0.39 is 30.4 Å². The summed E-state index contributed by atoms with van der Waals surface area (Å²) in [5.74, 6) is -2.82. The fraction of sp³-hybridized carbons (Fsp3) is 0.308. The van der Waals surface area contributed by atoms with Crippen molar-refractivity contribution in [1.82, 2.24) is 5.32 Å². The van der Waals surface area contributed by atoms with E-state index in [4.69, 9.17) is 5.11 Å². The largest absolute Gasteiger partial charge is 0.480 e. The molecule has 1 atom stereocenters. The van der Waals surface area contributed by atoms with Crippen molar-refractivity contribution >= 4 is 17.9 Å². The zero-order chi connectivity index (χ0) is 14.3. The minimum absolute atomic E-state index is 0.242. The first-order valence-electron chi connectivity index (χ1n) is 5.80. The van der Waals surface area contributed by atoms with Crippen molar-refractivity contribution in [1.29, 1.82) is 0 Å². The maximum atomic E-state index is 11.6. The van der Waals surface area contributed by atoms with Crippen LogP contribution in [0.5, 0.6) is 0 Å². The van der Waals surface area contributed by atoms with Crippen LogP contribution >= 0.6 is 0 Å². The molecule has 0 saturated carbocycles. The molecule has 0 aliphatic heterocycles. The molecular formula is C13H15NO5. The molecule has 0 aromatic heterocycles. The summed E-state index contributed by atoms with van der Waals surface area (Å²) >= 11 is 0. The van der Waals surface area contributed by atoms with Gasteiger partial charge in [0.25, 0.3) is 0 Å². The number of nitrogens with one attached hydrogen (secondary N) is 1. The molecule has 0 bridgehead atoms. The third kappa shape index (κ3) is 4.89. The zero-order valence-electron chi connectivity index (χ0n) is 10.5. The van der Waals surface area contributed by atoms with Gasteiger partial charge >= 0.3 is 17.9 Å². The van der Waals surface area contributed by atoms with Crippen LogP contribution in [0.3, 0.4) is 0 Å². The molecule has 0 unspecified atom stereocenters. The number of ether oxygens (including phenoxy) is 1. The summed E-state index contributed by atoms with van der Waals surface area (Å²) < 4.78 is 4.58. The van der Waals surface area contributed by atoms with Crippen molar-refractivity contribution in [3.8, 4) is 0 Å². The van der Waals surface area contributed by atoms with Gasteiger partial charge in [0.15, 0.2) is 0 Å². The Labute approximate surface area is 110 Å². The first kappa shape index (κ1) is 14.8. The number of esters is 2. The van der Waals surface area contributed by atoms with Crippen molar-refractivity contribution in [3.05, 3.63) is 35.9 Å². The van der Waals surface area contributed by atoms with Crippen LogP contribution < -0.4 is 5.32 Å². The van der Waals surface area contributed by atoms with E-state index in [0.29, 0.717) is 6.54 Å². The van der Waals surface area contributed by atoms with E-state index in [1.54, 1.807) is 25.1 Å². The summed E-state index contributed by atoms with van der Waals surface area (Å²) in [5, 5.41) is 11.5. The summed E-state index contributed by atoms with van der Waals surface area (Å²) in [5.41, 5.74) is 0.242. The molecule has 2 N–H and O–H groups in total. The maximum absolute atomic E-state index is 11.6. The van der Waals surface area contributed by atoms with Crippen LogP contribution in [0.4, 0.5) is 0 Å². The molecule has 0 saturated heterocycles. The lowest BCUT2D eigenvalue weighted by Crippen LogP contribution is -2.39. The number of carboxylic acid groups (broad SMARTS) is 1. The lowest BCUT2D eigenvalue weighted by atomic mass is 10.2. The molecule has 1 aromatic rings. The van der Waals surface area contributed by atoms with Crippen LogP contribution in [0.15, 0.2) is 30.3 Å². The summed E-state index contributed by atoms with van der Waals surface area (Å²) in [6, 6.07) is 6.97. The molecular weight excluding hydrogens is 250 g/mol. The molecule has 0 fully saturated rings. The van der Waals surface area contributed by atoms with Gasteiger partial charge in [0.1, 0.15) is 6.04 Å². The Balaban J connectivity index is 2.55. The van der Waals surface area contributed by atoms with Gasteiger partial charge < -0.3 is 15.2 Å². The highest BCUT2D eigenvalue weighted by Crippen LogP contribution is 2.03. The van der Waals surface area contributed by atoms with E-state index in [9.17, 15) is 14.4 Å². The highest BCUT2D eigenvalue weighted by Gasteiger charge is 2.22. The normalized spacial score (nSPS) is 11.6. The number of hydrogen-bond donors (Lipinski definition) is 2. The molecule has 19 heavy (non-hydrogen) atoms. The maximum Gasteiger partial charge on any atom is 0.345 e. The van der Waals surface area contributed by atoms with E-state index in [0.717, 1.165) is 0 Å². The number of hydrogen-bond acceptors (Lipinski definition) is 5. The molecule has 6 heteroatoms. The van der Waals surface area contributed by atoms with Gasteiger partial charge in [-0.05, 0) is 18.7 Å². The Morgan fingerprint density at radius 3 is 2.42 bits per heavy atom. The highest BCUT2D eigenvalue weighted by molar-refractivity contribution is 5.97. The lowest BCUT2D eigenvalue weighted by molar-refractivity contribution is -0.146. The van der Waals surface area contributed by atoms with Crippen LogP contribution in [-0.2, 0) is 14.3 Å². The number of carbonyl (C=O) groups excluding carboxylic acids is 2. The van der Waals surface area contributed by atoms with Crippen LogP contribution in [0.2, 0.25) is 0 Å². The van der Waals surface area contributed by atoms with Crippen LogP contribution in [0.1, 0.15) is 23.7 Å². The minimum atomic E-state index is -1.16. The summed E-state index contributed by atoms with van der Waals surface area (Å²) in [4.78, 5) is 33.8. The van der Waals surface area contributed by atoms with Crippen molar-refractivity contribution in [3.63, 3.8) is 0 Å². The smallest absolute Gasteiger partial charge is 0.345 e. The standard InChI is InChI=1S/C13H15NO5/c1-2-14-10(12(16)17)8-11(15)19-13(18)9-6-4-3-5-7-9/h3-7,10,14H,2,8H2,1H3,(H,16,17)/t10-/m0/s1. The second kappa shape index (κ2) is 7.27. The van der Waals surface area contributed by atoms with Gasteiger partial charge in [-0.15, -0.1) is 0 Å². The first-order valence-corrected chi connectivity index (χ1v) is 5.80. The fourth-order valence-corrected chi connectivity index (χ4v) is 1.44. The molecule has 0 spiro atoms. The molecule has 1 aromatic carbocycles. The van der Waals surface area contributed by atoms with Gasteiger partial charge in [0.2, 0.25) is 0 Å². The number of carboxylic acids is 1. The zero-order valence-corrected chi connectivity index (χ0v) is 10.5. The number of benzene rings is 1. The van der Waals surface area contributed by atoms with Crippen molar-refractivity contribution in [2.45, 2.75) is 19.4 Å². The van der Waals surface area contributed by atoms with Crippen molar-refractivity contribution in [2.24, 2.45) is 0 Å². The molecule has 0 radical (unpaired) electrons. The third-order valence-electron chi connectivity index (χ3n) is 2.34. The van der Waals surface area contributed by atoms with E-state index >= 15 is 0 Å². The van der Waals surface area contributed by atoms with Gasteiger partial charge in [-0.3, -0.25) is 9.59 Å². The minimum Gasteiger partial charge on any atom is -0.480 e. The number of carbonyl (C=O) groups is 3. The van der Waals surface area contributed by atoms with Crippen LogP contribution in [0.25, 0.3) is 0 Å². The first-order chi connectivity index (χ1) is 9.04. The SMILES string of the molecule is CCN[C@@H](CC(=O)OC(=O)c1ccccc1)C(=O)O. The Morgan fingerprint density at radius 2 is 1.89 bits per heavy atom. The fourth-order valence-electron chi connectivity index (χ4n) is 1.44. The van der Waals surface area contributed by atoms with Crippen molar-refractivity contribution in [2.75, 3.05) is 6.54 Å². The predicted octanol–water partition coefficient (Wildman–Crippen LogP) is 0.823. The second-order valence-electron chi connectivity index (χ2n) is 3.78. The average Bonchev–Trinajstić information content (AvgIpc) is 2.39. The van der Waals surface area contributed by atoms with Gasteiger partial charge in [0.05, 0.1) is 12.0 Å². The monoisotopic (exact) mass is 265 g/mol. The van der Waals surface area contributed by atoms with Gasteiger partial charge in [0, 0.05) is 0 Å².